The largest absolute Gasteiger partial charge is 0.433 e. The molecule has 0 saturated carbocycles. The Morgan fingerprint density at radius 3 is 2.75 bits per heavy atom. The van der Waals surface area contributed by atoms with E-state index in [2.05, 4.69) is 10.1 Å². The zero-order chi connectivity index (χ0) is 20.1. The predicted octanol–water partition coefficient (Wildman–Crippen LogP) is 5.00. The molecular formula is C18H16ClF3N4OS. The third kappa shape index (κ3) is 3.60. The fourth-order valence-electron chi connectivity index (χ4n) is 3.39. The van der Waals surface area contributed by atoms with Gasteiger partial charge in [0.2, 0.25) is 0 Å². The number of aromatic nitrogens is 3. The van der Waals surface area contributed by atoms with Crippen LogP contribution >= 0.6 is 22.9 Å². The Morgan fingerprint density at radius 2 is 2.11 bits per heavy atom. The molecular weight excluding hydrogens is 413 g/mol. The van der Waals surface area contributed by atoms with Crippen molar-refractivity contribution in [2.45, 2.75) is 25.9 Å². The maximum atomic E-state index is 13.6. The van der Waals surface area contributed by atoms with Gasteiger partial charge in [-0.15, -0.1) is 11.3 Å². The van der Waals surface area contributed by atoms with Crippen LogP contribution in [0.2, 0.25) is 4.34 Å². The maximum Gasteiger partial charge on any atom is 0.433 e. The molecule has 148 valence electrons. The molecule has 4 heterocycles. The van der Waals surface area contributed by atoms with Gasteiger partial charge in [0.25, 0.3) is 5.91 Å². The molecule has 28 heavy (non-hydrogen) atoms. The van der Waals surface area contributed by atoms with E-state index in [1.807, 2.05) is 6.92 Å². The Hall–Kier alpha value is -2.13. The van der Waals surface area contributed by atoms with E-state index in [0.717, 1.165) is 30.2 Å². The number of likely N-dealkylation sites (tertiary alicyclic amines) is 1. The minimum atomic E-state index is -4.65. The van der Waals surface area contributed by atoms with Gasteiger partial charge in [-0.1, -0.05) is 18.5 Å². The molecule has 1 fully saturated rings. The van der Waals surface area contributed by atoms with E-state index in [-0.39, 0.29) is 22.9 Å². The highest BCUT2D eigenvalue weighted by Crippen LogP contribution is 2.35. The van der Waals surface area contributed by atoms with Crippen LogP contribution in [0.4, 0.5) is 13.2 Å². The zero-order valence-corrected chi connectivity index (χ0v) is 16.4. The van der Waals surface area contributed by atoms with E-state index in [1.165, 1.54) is 6.07 Å². The van der Waals surface area contributed by atoms with E-state index < -0.39 is 11.9 Å². The Balaban J connectivity index is 1.80. The van der Waals surface area contributed by atoms with Crippen molar-refractivity contribution >= 4 is 34.5 Å². The highest BCUT2D eigenvalue weighted by Gasteiger charge is 2.36. The summed E-state index contributed by atoms with van der Waals surface area (Å²) in [7, 11) is 0. The van der Waals surface area contributed by atoms with Crippen molar-refractivity contribution in [3.63, 3.8) is 0 Å². The lowest BCUT2D eigenvalue weighted by Crippen LogP contribution is -2.39. The third-order valence-electron chi connectivity index (χ3n) is 4.71. The highest BCUT2D eigenvalue weighted by molar-refractivity contribution is 7.19. The van der Waals surface area contributed by atoms with Crippen LogP contribution in [0, 0.1) is 5.92 Å². The van der Waals surface area contributed by atoms with Gasteiger partial charge in [0.05, 0.1) is 14.9 Å². The zero-order valence-electron chi connectivity index (χ0n) is 14.8. The molecule has 10 heteroatoms. The molecule has 0 bridgehead atoms. The molecule has 3 aromatic heterocycles. The lowest BCUT2D eigenvalue weighted by atomic mass is 10.0. The summed E-state index contributed by atoms with van der Waals surface area (Å²) < 4.78 is 42.0. The van der Waals surface area contributed by atoms with Crippen LogP contribution in [0.25, 0.3) is 16.2 Å². The summed E-state index contributed by atoms with van der Waals surface area (Å²) in [6.07, 6.45) is -2.75. The summed E-state index contributed by atoms with van der Waals surface area (Å²) in [5.74, 6) is -0.0142. The number of amides is 1. The second-order valence-electron chi connectivity index (χ2n) is 6.93. The molecule has 0 spiro atoms. The first-order chi connectivity index (χ1) is 13.2. The Labute approximate surface area is 167 Å². The van der Waals surface area contributed by atoms with Crippen LogP contribution in [-0.4, -0.2) is 38.5 Å². The van der Waals surface area contributed by atoms with Gasteiger partial charge in [0.1, 0.15) is 0 Å². The average Bonchev–Trinajstić information content (AvgIpc) is 3.25. The number of piperidine rings is 1. The van der Waals surface area contributed by atoms with E-state index >= 15 is 0 Å². The summed E-state index contributed by atoms with van der Waals surface area (Å²) in [5.41, 5.74) is -0.901. The summed E-state index contributed by atoms with van der Waals surface area (Å²) >= 11 is 7.04. The molecule has 1 saturated heterocycles. The van der Waals surface area contributed by atoms with Crippen LogP contribution in [0.15, 0.2) is 24.3 Å². The molecule has 0 aromatic carbocycles. The van der Waals surface area contributed by atoms with E-state index in [4.69, 9.17) is 11.6 Å². The summed E-state index contributed by atoms with van der Waals surface area (Å²) in [4.78, 5) is 19.2. The molecule has 0 radical (unpaired) electrons. The summed E-state index contributed by atoms with van der Waals surface area (Å²) in [6.45, 7) is 3.20. The number of rotatable bonds is 2. The Bertz CT molecular complexity index is 1050. The topological polar surface area (TPSA) is 50.5 Å². The number of carbonyl (C=O) groups excluding carboxylic acids is 1. The van der Waals surface area contributed by atoms with Crippen molar-refractivity contribution < 1.29 is 18.0 Å². The van der Waals surface area contributed by atoms with Crippen LogP contribution < -0.4 is 0 Å². The van der Waals surface area contributed by atoms with Crippen molar-refractivity contribution in [3.8, 4) is 10.6 Å². The monoisotopic (exact) mass is 428 g/mol. The fourth-order valence-corrected chi connectivity index (χ4v) is 4.40. The predicted molar refractivity (Wildman–Crippen MR) is 101 cm³/mol. The Kier molecular flexibility index (Phi) is 4.83. The second-order valence-corrected chi connectivity index (χ2v) is 8.64. The quantitative estimate of drug-likeness (QED) is 0.577. The van der Waals surface area contributed by atoms with Gasteiger partial charge in [0, 0.05) is 19.2 Å². The molecule has 1 amide bonds. The first-order valence-electron chi connectivity index (χ1n) is 8.75. The van der Waals surface area contributed by atoms with E-state index in [0.29, 0.717) is 32.7 Å². The van der Waals surface area contributed by atoms with Gasteiger partial charge in [-0.25, -0.2) is 9.50 Å². The number of hydrogen-bond donors (Lipinski definition) is 0. The minimum Gasteiger partial charge on any atom is -0.337 e. The number of nitrogens with zero attached hydrogens (tertiary/aromatic N) is 4. The first kappa shape index (κ1) is 19.2. The lowest BCUT2D eigenvalue weighted by Gasteiger charge is -2.30. The van der Waals surface area contributed by atoms with Crippen LogP contribution in [0.5, 0.6) is 0 Å². The molecule has 5 nitrogen and oxygen atoms in total. The fraction of sp³-hybridized carbons (Fsp3) is 0.389. The minimum absolute atomic E-state index is 0.0252. The number of thiophene rings is 1. The van der Waals surface area contributed by atoms with Crippen molar-refractivity contribution in [2.75, 3.05) is 13.1 Å². The van der Waals surface area contributed by atoms with Crippen molar-refractivity contribution in [1.29, 1.82) is 0 Å². The van der Waals surface area contributed by atoms with Gasteiger partial charge < -0.3 is 4.90 Å². The second kappa shape index (κ2) is 7.04. The maximum absolute atomic E-state index is 13.6. The SMILES string of the molecule is C[C@H]1CCCN(C(=O)c2cc3nc(-c4ccc(Cl)s4)cc(C(F)(F)F)n3n2)C1. The molecule has 1 aliphatic rings. The first-order valence-corrected chi connectivity index (χ1v) is 9.95. The number of carbonyl (C=O) groups is 1. The van der Waals surface area contributed by atoms with Gasteiger partial charge >= 0.3 is 6.18 Å². The standard InChI is InChI=1S/C18H16ClF3N4OS/c1-10-3-2-6-25(9-10)17(27)12-8-16-23-11(13-4-5-15(19)28-13)7-14(18(20,21)22)26(16)24-12/h4-5,7-8,10H,2-3,6,9H2,1H3/t10-/m0/s1. The molecule has 1 aliphatic heterocycles. The number of fused-ring (bicyclic) bond motifs is 1. The molecule has 0 N–H and O–H groups in total. The molecule has 4 rings (SSSR count). The van der Waals surface area contributed by atoms with Crippen molar-refractivity contribution in [1.82, 2.24) is 19.5 Å². The number of hydrogen-bond acceptors (Lipinski definition) is 4. The van der Waals surface area contributed by atoms with Crippen LogP contribution in [-0.2, 0) is 6.18 Å². The van der Waals surface area contributed by atoms with Gasteiger partial charge in [-0.2, -0.15) is 18.3 Å². The Morgan fingerprint density at radius 1 is 1.32 bits per heavy atom. The van der Waals surface area contributed by atoms with Crippen molar-refractivity contribution in [2.24, 2.45) is 5.92 Å². The summed E-state index contributed by atoms with van der Waals surface area (Å²) in [5, 5.41) is 3.94. The van der Waals surface area contributed by atoms with Crippen molar-refractivity contribution in [3.05, 3.63) is 40.0 Å². The van der Waals surface area contributed by atoms with Crippen LogP contribution in [0.3, 0.4) is 0 Å². The average molecular weight is 429 g/mol. The molecule has 0 aliphatic carbocycles. The van der Waals surface area contributed by atoms with Gasteiger partial charge in [-0.3, -0.25) is 4.79 Å². The van der Waals surface area contributed by atoms with E-state index in [1.54, 1.807) is 17.0 Å². The van der Waals surface area contributed by atoms with E-state index in [9.17, 15) is 18.0 Å². The third-order valence-corrected chi connectivity index (χ3v) is 5.96. The summed E-state index contributed by atoms with van der Waals surface area (Å²) in [6, 6.07) is 5.46. The van der Waals surface area contributed by atoms with Gasteiger partial charge in [0.15, 0.2) is 17.0 Å². The highest BCUT2D eigenvalue weighted by atomic mass is 35.5. The smallest absolute Gasteiger partial charge is 0.337 e. The van der Waals surface area contributed by atoms with Gasteiger partial charge in [-0.05, 0) is 37.0 Å². The number of alkyl halides is 3. The van der Waals surface area contributed by atoms with Crippen LogP contribution in [0.1, 0.15) is 35.9 Å². The normalized spacial score (nSPS) is 18.0. The molecule has 0 unspecified atom stereocenters. The molecule has 1 atom stereocenters. The molecule has 3 aromatic rings. The number of halogens is 4. The lowest BCUT2D eigenvalue weighted by molar-refractivity contribution is -0.142.